The number of ether oxygens (including phenoxy) is 1. The number of halogens is 2. The maximum absolute atomic E-state index is 6.05. The monoisotopic (exact) mass is 480 g/mol. The molecule has 0 aliphatic heterocycles. The fourth-order valence-corrected chi connectivity index (χ4v) is 2.86. The van der Waals surface area contributed by atoms with Gasteiger partial charge in [0.25, 0.3) is 0 Å². The minimum Gasteiger partial charge on any atom is -0.490 e. The Balaban J connectivity index is 0.00000288. The molecule has 2 rings (SSSR count). The summed E-state index contributed by atoms with van der Waals surface area (Å²) in [5.41, 5.74) is 1.05. The summed E-state index contributed by atoms with van der Waals surface area (Å²) in [4.78, 5) is 10.8. The highest BCUT2D eigenvalue weighted by Crippen LogP contribution is 2.22. The Morgan fingerprint density at radius 2 is 2.17 bits per heavy atom. The number of aryl methyl sites for hydroxylation is 1. The number of aromatic nitrogens is 1. The number of benzene rings is 1. The molecular weight excluding hydrogens is 459 g/mol. The number of hydrogen-bond donors (Lipinski definition) is 1. The molecule has 0 radical (unpaired) electrons. The van der Waals surface area contributed by atoms with Gasteiger partial charge in [0, 0.05) is 19.5 Å². The molecule has 0 fully saturated rings. The highest BCUT2D eigenvalue weighted by Gasteiger charge is 2.08. The maximum Gasteiger partial charge on any atom is 0.193 e. The van der Waals surface area contributed by atoms with E-state index in [1.165, 1.54) is 0 Å². The summed E-state index contributed by atoms with van der Waals surface area (Å²) in [5.74, 6) is 1.50. The molecule has 0 saturated carbocycles. The van der Waals surface area contributed by atoms with Crippen LogP contribution in [0.4, 0.5) is 0 Å². The molecular formula is C16H22ClIN4OS. The van der Waals surface area contributed by atoms with E-state index >= 15 is 0 Å². The number of rotatable bonds is 6. The first-order valence-electron chi connectivity index (χ1n) is 7.30. The Kier molecular flexibility index (Phi) is 9.38. The lowest BCUT2D eigenvalue weighted by Gasteiger charge is -2.21. The Morgan fingerprint density at radius 1 is 1.42 bits per heavy atom. The van der Waals surface area contributed by atoms with Crippen LogP contribution in [0.1, 0.15) is 10.7 Å². The van der Waals surface area contributed by atoms with Crippen molar-refractivity contribution in [3.05, 3.63) is 45.4 Å². The van der Waals surface area contributed by atoms with Crippen molar-refractivity contribution in [2.24, 2.45) is 4.99 Å². The van der Waals surface area contributed by atoms with Crippen molar-refractivity contribution >= 4 is 52.9 Å². The molecule has 8 heteroatoms. The summed E-state index contributed by atoms with van der Waals surface area (Å²) in [5, 5.41) is 7.03. The smallest absolute Gasteiger partial charge is 0.193 e. The van der Waals surface area contributed by atoms with E-state index < -0.39 is 0 Å². The maximum atomic E-state index is 6.05. The first-order chi connectivity index (χ1) is 11.1. The second-order valence-corrected chi connectivity index (χ2v) is 6.44. The minimum atomic E-state index is 0. The molecule has 0 unspecified atom stereocenters. The molecule has 0 atom stereocenters. The van der Waals surface area contributed by atoms with E-state index in [2.05, 4.69) is 20.7 Å². The fourth-order valence-electron chi connectivity index (χ4n) is 2.07. The Labute approximate surface area is 169 Å². The van der Waals surface area contributed by atoms with Crippen molar-refractivity contribution in [2.75, 3.05) is 27.2 Å². The molecule has 0 bridgehead atoms. The Morgan fingerprint density at radius 3 is 2.79 bits per heavy atom. The number of nitrogens with one attached hydrogen (secondary N) is 1. The van der Waals surface area contributed by atoms with Crippen molar-refractivity contribution < 1.29 is 4.74 Å². The van der Waals surface area contributed by atoms with Crippen LogP contribution < -0.4 is 10.1 Å². The van der Waals surface area contributed by atoms with Crippen LogP contribution in [0.3, 0.4) is 0 Å². The number of thiazole rings is 1. The van der Waals surface area contributed by atoms with Gasteiger partial charge >= 0.3 is 0 Å². The summed E-state index contributed by atoms with van der Waals surface area (Å²) < 4.78 is 5.65. The van der Waals surface area contributed by atoms with E-state index in [4.69, 9.17) is 16.3 Å². The quantitative estimate of drug-likeness (QED) is 0.296. The molecule has 0 amide bonds. The summed E-state index contributed by atoms with van der Waals surface area (Å²) in [6.45, 7) is 3.87. The van der Waals surface area contributed by atoms with E-state index in [9.17, 15) is 0 Å². The standard InChI is InChI=1S/C16H21ClN4OS.HI/c1-12-20-13(11-23-12)10-21(3)16(18-2)19-8-9-22-15-7-5-4-6-14(15)17;/h4-7,11H,8-10H2,1-3H3,(H,18,19);1H. The van der Waals surface area contributed by atoms with E-state index in [-0.39, 0.29) is 24.0 Å². The normalized spacial score (nSPS) is 10.9. The van der Waals surface area contributed by atoms with Gasteiger partial charge in [-0.15, -0.1) is 35.3 Å². The third kappa shape index (κ3) is 6.45. The van der Waals surface area contributed by atoms with Gasteiger partial charge < -0.3 is 15.0 Å². The summed E-state index contributed by atoms with van der Waals surface area (Å²) in [6.07, 6.45) is 0. The van der Waals surface area contributed by atoms with Crippen molar-refractivity contribution in [1.82, 2.24) is 15.2 Å². The van der Waals surface area contributed by atoms with Crippen LogP contribution in [0.25, 0.3) is 0 Å². The minimum absolute atomic E-state index is 0. The number of guanidine groups is 1. The van der Waals surface area contributed by atoms with Crippen LogP contribution in [0.15, 0.2) is 34.6 Å². The van der Waals surface area contributed by atoms with Crippen LogP contribution in [-0.2, 0) is 6.54 Å². The molecule has 24 heavy (non-hydrogen) atoms. The molecule has 1 heterocycles. The third-order valence-corrected chi connectivity index (χ3v) is 4.25. The number of aliphatic imine (C=N–C) groups is 1. The van der Waals surface area contributed by atoms with Gasteiger partial charge in [0.1, 0.15) is 12.4 Å². The van der Waals surface area contributed by atoms with Crippen molar-refractivity contribution in [3.63, 3.8) is 0 Å². The Bertz CT molecular complexity index is 665. The predicted molar refractivity (Wildman–Crippen MR) is 112 cm³/mol. The lowest BCUT2D eigenvalue weighted by molar-refractivity contribution is 0.319. The zero-order valence-electron chi connectivity index (χ0n) is 14.0. The average molecular weight is 481 g/mol. The van der Waals surface area contributed by atoms with Crippen molar-refractivity contribution in [1.29, 1.82) is 0 Å². The van der Waals surface area contributed by atoms with Gasteiger partial charge in [-0.1, -0.05) is 23.7 Å². The van der Waals surface area contributed by atoms with Crippen LogP contribution in [0, 0.1) is 6.92 Å². The van der Waals surface area contributed by atoms with Crippen LogP contribution in [0.5, 0.6) is 5.75 Å². The summed E-state index contributed by atoms with van der Waals surface area (Å²) in [6, 6.07) is 7.45. The summed E-state index contributed by atoms with van der Waals surface area (Å²) >= 11 is 7.71. The van der Waals surface area contributed by atoms with Gasteiger partial charge in [-0.25, -0.2) is 4.98 Å². The van der Waals surface area contributed by atoms with Crippen LogP contribution >= 0.6 is 46.9 Å². The molecule has 1 aromatic carbocycles. The lowest BCUT2D eigenvalue weighted by Crippen LogP contribution is -2.40. The van der Waals surface area contributed by atoms with Gasteiger partial charge in [0.05, 0.1) is 28.8 Å². The summed E-state index contributed by atoms with van der Waals surface area (Å²) in [7, 11) is 3.75. The van der Waals surface area contributed by atoms with E-state index in [1.807, 2.05) is 43.1 Å². The first kappa shape index (κ1) is 21.0. The molecule has 132 valence electrons. The van der Waals surface area contributed by atoms with Crippen molar-refractivity contribution in [3.8, 4) is 5.75 Å². The lowest BCUT2D eigenvalue weighted by atomic mass is 10.3. The fraction of sp³-hybridized carbons (Fsp3) is 0.375. The molecule has 0 saturated heterocycles. The third-order valence-electron chi connectivity index (χ3n) is 3.12. The van der Waals surface area contributed by atoms with Crippen molar-refractivity contribution in [2.45, 2.75) is 13.5 Å². The van der Waals surface area contributed by atoms with E-state index in [1.54, 1.807) is 18.4 Å². The van der Waals surface area contributed by atoms with Gasteiger partial charge in [0.2, 0.25) is 0 Å². The topological polar surface area (TPSA) is 49.8 Å². The number of para-hydroxylation sites is 1. The predicted octanol–water partition coefficient (Wildman–Crippen LogP) is 3.81. The number of nitrogens with zero attached hydrogens (tertiary/aromatic N) is 3. The van der Waals surface area contributed by atoms with Crippen LogP contribution in [0.2, 0.25) is 5.02 Å². The highest BCUT2D eigenvalue weighted by molar-refractivity contribution is 14.0. The molecule has 1 N–H and O–H groups in total. The number of hydrogen-bond acceptors (Lipinski definition) is 4. The highest BCUT2D eigenvalue weighted by atomic mass is 127. The molecule has 5 nitrogen and oxygen atoms in total. The van der Waals surface area contributed by atoms with Crippen LogP contribution in [-0.4, -0.2) is 43.1 Å². The largest absolute Gasteiger partial charge is 0.490 e. The average Bonchev–Trinajstić information content (AvgIpc) is 2.94. The van der Waals surface area contributed by atoms with E-state index in [0.717, 1.165) is 23.2 Å². The molecule has 0 aliphatic carbocycles. The second-order valence-electron chi connectivity index (χ2n) is 4.97. The second kappa shape index (κ2) is 10.7. The molecule has 2 aromatic rings. The molecule has 0 aliphatic rings. The molecule has 0 spiro atoms. The van der Waals surface area contributed by atoms with Gasteiger partial charge in [-0.05, 0) is 19.1 Å². The van der Waals surface area contributed by atoms with Gasteiger partial charge in [0.15, 0.2) is 5.96 Å². The van der Waals surface area contributed by atoms with Gasteiger partial charge in [-0.3, -0.25) is 4.99 Å². The Hall–Kier alpha value is -1.06. The zero-order valence-corrected chi connectivity index (χ0v) is 17.9. The molecule has 1 aromatic heterocycles. The van der Waals surface area contributed by atoms with Gasteiger partial charge in [-0.2, -0.15) is 0 Å². The zero-order chi connectivity index (χ0) is 16.7. The SMILES string of the molecule is CN=C(NCCOc1ccccc1Cl)N(C)Cc1csc(C)n1.I. The van der Waals surface area contributed by atoms with E-state index in [0.29, 0.717) is 23.9 Å². The first-order valence-corrected chi connectivity index (χ1v) is 8.56.